The van der Waals surface area contributed by atoms with Gasteiger partial charge in [0.05, 0.1) is 22.5 Å². The van der Waals surface area contributed by atoms with E-state index in [4.69, 9.17) is 0 Å². The van der Waals surface area contributed by atoms with Crippen LogP contribution >= 0.6 is 0 Å². The summed E-state index contributed by atoms with van der Waals surface area (Å²) in [5.41, 5.74) is 8.37. The van der Waals surface area contributed by atoms with E-state index in [0.29, 0.717) is 39.4 Å². The number of amides is 1. The number of Topliss-reactive ketones (excluding diaryl/α,β-unsaturated/α-hetero) is 1. The molecule has 9 rings (SSSR count). The number of rotatable bonds is 10. The van der Waals surface area contributed by atoms with Gasteiger partial charge in [0.25, 0.3) is 0 Å². The Morgan fingerprint density at radius 2 is 1.55 bits per heavy atom. The predicted octanol–water partition coefficient (Wildman–Crippen LogP) is 10.4. The number of halogens is 3. The number of aromatic carboxylic acids is 1. The molecule has 2 aliphatic carbocycles. The molecule has 0 spiro atoms. The van der Waals surface area contributed by atoms with E-state index in [1.165, 1.54) is 41.9 Å². The summed E-state index contributed by atoms with van der Waals surface area (Å²) in [7, 11) is 0. The summed E-state index contributed by atoms with van der Waals surface area (Å²) in [6.07, 6.45) is 6.64. The van der Waals surface area contributed by atoms with E-state index in [-0.39, 0.29) is 23.0 Å². The molecule has 0 unspecified atom stereocenters. The fourth-order valence-corrected chi connectivity index (χ4v) is 7.33. The second-order valence-electron chi connectivity index (χ2n) is 15.1. The SMILES string of the molecule is CC(=O)c1cc(C2CC2)cnc1N(C(=O)C(F)(F)F)c1ccc2[nH]ccc2c1.Cc1ccccc1Cn1ccc2cc(Cc3ncc(C4CC4)cc3C(=O)O)ccc21. The van der Waals surface area contributed by atoms with Crippen LogP contribution in [0.5, 0.6) is 0 Å². The molecule has 294 valence electrons. The van der Waals surface area contributed by atoms with Crippen LogP contribution in [0.15, 0.2) is 110 Å². The van der Waals surface area contributed by atoms with Gasteiger partial charge in [-0.15, -0.1) is 0 Å². The number of aromatic nitrogens is 4. The van der Waals surface area contributed by atoms with Gasteiger partial charge in [0.1, 0.15) is 0 Å². The number of alkyl halides is 3. The molecule has 9 nitrogen and oxygen atoms in total. The molecule has 0 radical (unpaired) electrons. The van der Waals surface area contributed by atoms with Gasteiger partial charge < -0.3 is 14.7 Å². The lowest BCUT2D eigenvalue weighted by molar-refractivity contribution is -0.169. The number of carbonyl (C=O) groups is 3. The van der Waals surface area contributed by atoms with Gasteiger partial charge in [-0.1, -0.05) is 30.3 Å². The minimum absolute atomic E-state index is 0.00355. The summed E-state index contributed by atoms with van der Waals surface area (Å²) in [4.78, 5) is 48.3. The van der Waals surface area contributed by atoms with Crippen molar-refractivity contribution in [3.63, 3.8) is 0 Å². The number of carboxylic acids is 1. The highest BCUT2D eigenvalue weighted by Gasteiger charge is 2.45. The van der Waals surface area contributed by atoms with Gasteiger partial charge in [0, 0.05) is 54.2 Å². The Labute approximate surface area is 332 Å². The van der Waals surface area contributed by atoms with E-state index in [2.05, 4.69) is 81.2 Å². The number of hydrogen-bond acceptors (Lipinski definition) is 5. The number of hydrogen-bond donors (Lipinski definition) is 2. The van der Waals surface area contributed by atoms with Crippen molar-refractivity contribution in [2.45, 2.75) is 70.5 Å². The zero-order valence-electron chi connectivity index (χ0n) is 31.9. The van der Waals surface area contributed by atoms with Crippen LogP contribution in [-0.4, -0.2) is 48.5 Å². The summed E-state index contributed by atoms with van der Waals surface area (Å²) >= 11 is 0. The van der Waals surface area contributed by atoms with Crippen LogP contribution in [0.25, 0.3) is 21.8 Å². The van der Waals surface area contributed by atoms with Crippen LogP contribution in [0, 0.1) is 6.92 Å². The van der Waals surface area contributed by atoms with Crippen molar-refractivity contribution in [1.82, 2.24) is 19.5 Å². The smallest absolute Gasteiger partial charge is 0.472 e. The van der Waals surface area contributed by atoms with E-state index in [0.717, 1.165) is 54.3 Å². The number of fused-ring (bicyclic) bond motifs is 2. The number of H-pyrrole nitrogens is 1. The van der Waals surface area contributed by atoms with Gasteiger partial charge >= 0.3 is 18.1 Å². The first kappa shape index (κ1) is 38.3. The van der Waals surface area contributed by atoms with Crippen molar-refractivity contribution < 1.29 is 32.7 Å². The Kier molecular flexibility index (Phi) is 10.2. The van der Waals surface area contributed by atoms with Gasteiger partial charge in [-0.25, -0.2) is 9.78 Å². The second kappa shape index (κ2) is 15.4. The summed E-state index contributed by atoms with van der Waals surface area (Å²) in [6.45, 7) is 4.23. The van der Waals surface area contributed by atoms with Crippen LogP contribution in [0.1, 0.15) is 98.7 Å². The highest BCUT2D eigenvalue weighted by atomic mass is 19.4. The topological polar surface area (TPSA) is 121 Å². The Morgan fingerprint density at radius 3 is 2.22 bits per heavy atom. The van der Waals surface area contributed by atoms with E-state index >= 15 is 0 Å². The fraction of sp³-hybridized carbons (Fsp3) is 0.239. The highest BCUT2D eigenvalue weighted by Crippen LogP contribution is 2.42. The van der Waals surface area contributed by atoms with Crippen molar-refractivity contribution in [1.29, 1.82) is 0 Å². The third-order valence-corrected chi connectivity index (χ3v) is 10.8. The molecule has 2 saturated carbocycles. The largest absolute Gasteiger partial charge is 0.478 e. The third kappa shape index (κ3) is 8.13. The van der Waals surface area contributed by atoms with Crippen LogP contribution in [0.2, 0.25) is 0 Å². The number of pyridine rings is 2. The first-order chi connectivity index (χ1) is 27.8. The number of carboxylic acid groups (broad SMARTS) is 1. The summed E-state index contributed by atoms with van der Waals surface area (Å²) in [5.74, 6) is -3.00. The molecular weight excluding hydrogens is 744 g/mol. The normalized spacial score (nSPS) is 13.9. The van der Waals surface area contributed by atoms with E-state index in [1.54, 1.807) is 24.4 Å². The minimum Gasteiger partial charge on any atom is -0.478 e. The number of carbonyl (C=O) groups excluding carboxylic acids is 2. The number of benzene rings is 3. The van der Waals surface area contributed by atoms with Crippen molar-refractivity contribution in [3.8, 4) is 0 Å². The number of aryl methyl sites for hydroxylation is 1. The van der Waals surface area contributed by atoms with Crippen molar-refractivity contribution >= 4 is 51.0 Å². The monoisotopic (exact) mass is 783 g/mol. The van der Waals surface area contributed by atoms with Gasteiger partial charge in [-0.3, -0.25) is 19.5 Å². The number of nitrogens with one attached hydrogen (secondary N) is 1. The molecule has 0 bridgehead atoms. The predicted molar refractivity (Wildman–Crippen MR) is 216 cm³/mol. The van der Waals surface area contributed by atoms with Gasteiger partial charge in [-0.05, 0) is 139 Å². The molecule has 0 atom stereocenters. The highest BCUT2D eigenvalue weighted by molar-refractivity contribution is 6.09. The molecule has 0 aliphatic heterocycles. The maximum absolute atomic E-state index is 13.4. The molecule has 7 aromatic rings. The van der Waals surface area contributed by atoms with E-state index in [9.17, 15) is 32.7 Å². The zero-order chi connectivity index (χ0) is 40.7. The Morgan fingerprint density at radius 1 is 0.845 bits per heavy atom. The summed E-state index contributed by atoms with van der Waals surface area (Å²) in [5, 5.41) is 11.5. The molecule has 0 saturated heterocycles. The molecule has 4 aromatic heterocycles. The molecule has 2 N–H and O–H groups in total. The number of anilines is 2. The standard InChI is InChI=1S/C26H24N2O2.C20H16F3N3O2/c1-17-4-2-3-5-21(17)16-28-11-10-20-12-18(6-9-25(20)28)13-24-23(26(29)30)14-22(15-27-24)19-7-8-19;1-11(27)16-9-14(12-2-3-12)10-25-18(16)26(19(28)20(21,22)23)15-4-5-17-13(8-15)6-7-24-17/h2-6,9-12,14-15,19H,7-8,13,16H2,1H3,(H,29,30);4-10,12,24H,2-3H2,1H3. The number of ketones is 1. The summed E-state index contributed by atoms with van der Waals surface area (Å²) < 4.78 is 42.4. The van der Waals surface area contributed by atoms with Crippen molar-refractivity contribution in [3.05, 3.63) is 154 Å². The molecule has 2 aliphatic rings. The lowest BCUT2D eigenvalue weighted by Crippen LogP contribution is -2.39. The quantitative estimate of drug-likeness (QED) is 0.133. The third-order valence-electron chi connectivity index (χ3n) is 10.8. The molecule has 1 amide bonds. The minimum atomic E-state index is -5.13. The Hall–Kier alpha value is -6.56. The van der Waals surface area contributed by atoms with Gasteiger partial charge in [-0.2, -0.15) is 13.2 Å². The number of nitrogens with zero attached hydrogens (tertiary/aromatic N) is 4. The first-order valence-electron chi connectivity index (χ1n) is 19.2. The van der Waals surface area contributed by atoms with Crippen molar-refractivity contribution in [2.24, 2.45) is 0 Å². The van der Waals surface area contributed by atoms with Gasteiger partial charge in [0.2, 0.25) is 0 Å². The molecular formula is C46H40F3N5O4. The maximum atomic E-state index is 13.4. The lowest BCUT2D eigenvalue weighted by atomic mass is 10.0. The van der Waals surface area contributed by atoms with Crippen LogP contribution < -0.4 is 4.90 Å². The number of aromatic amines is 1. The first-order valence-corrected chi connectivity index (χ1v) is 19.2. The van der Waals surface area contributed by atoms with Gasteiger partial charge in [0.15, 0.2) is 11.6 Å². The average Bonchev–Trinajstić information content (AvgIpc) is 4.14. The maximum Gasteiger partial charge on any atom is 0.472 e. The molecule has 3 aromatic carbocycles. The summed E-state index contributed by atoms with van der Waals surface area (Å²) in [6, 6.07) is 26.4. The molecule has 12 heteroatoms. The molecule has 2 fully saturated rings. The molecule has 4 heterocycles. The van der Waals surface area contributed by atoms with Crippen LogP contribution in [0.3, 0.4) is 0 Å². The average molecular weight is 784 g/mol. The fourth-order valence-electron chi connectivity index (χ4n) is 7.33. The zero-order valence-corrected chi connectivity index (χ0v) is 31.9. The Bertz CT molecular complexity index is 2710. The molecule has 58 heavy (non-hydrogen) atoms. The van der Waals surface area contributed by atoms with Crippen LogP contribution in [-0.2, 0) is 17.8 Å². The second-order valence-corrected chi connectivity index (χ2v) is 15.1. The van der Waals surface area contributed by atoms with Crippen molar-refractivity contribution in [2.75, 3.05) is 4.90 Å². The van der Waals surface area contributed by atoms with Crippen LogP contribution in [0.4, 0.5) is 24.7 Å². The Balaban J connectivity index is 0.000000162. The van der Waals surface area contributed by atoms with E-state index < -0.39 is 23.8 Å². The lowest BCUT2D eigenvalue weighted by Gasteiger charge is -2.25. The van der Waals surface area contributed by atoms with E-state index in [1.807, 2.05) is 12.3 Å².